The van der Waals surface area contributed by atoms with Crippen LogP contribution in [-0.4, -0.2) is 34.9 Å². The molecule has 0 amide bonds. The van der Waals surface area contributed by atoms with Crippen LogP contribution < -0.4 is 4.90 Å². The van der Waals surface area contributed by atoms with Crippen molar-refractivity contribution in [2.75, 3.05) is 18.0 Å². The largest absolute Gasteiger partial charge is 0.402 e. The van der Waals surface area contributed by atoms with Crippen molar-refractivity contribution >= 4 is 23.9 Å². The second-order valence-corrected chi connectivity index (χ2v) is 5.98. The number of anilines is 1. The molecule has 1 saturated heterocycles. The fraction of sp³-hybridized carbons (Fsp3) is 0.222. The maximum Gasteiger partial charge on any atom is 0.363 e. The average molecular weight is 356 g/mol. The first kappa shape index (κ1) is 16.3. The zero-order valence-electron chi connectivity index (χ0n) is 13.7. The number of rotatable bonds is 3. The van der Waals surface area contributed by atoms with E-state index in [0.717, 1.165) is 38.1 Å². The number of halogens is 2. The molecule has 0 bridgehead atoms. The number of carbonyl (C=O) groups excluding carboxylic acids is 1. The van der Waals surface area contributed by atoms with E-state index < -0.39 is 17.6 Å². The number of hydrogen-bond acceptors (Lipinski definition) is 6. The number of ether oxygens (including phenoxy) is 1. The molecule has 8 heteroatoms. The van der Waals surface area contributed by atoms with Crippen molar-refractivity contribution in [3.05, 3.63) is 59.1 Å². The normalized spacial score (nSPS) is 18.4. The zero-order valence-corrected chi connectivity index (χ0v) is 13.7. The molecule has 0 atom stereocenters. The Kier molecular flexibility index (Phi) is 4.16. The van der Waals surface area contributed by atoms with E-state index in [9.17, 15) is 13.6 Å². The van der Waals surface area contributed by atoms with Gasteiger partial charge in [0.2, 0.25) is 11.8 Å². The third-order valence-electron chi connectivity index (χ3n) is 4.14. The highest BCUT2D eigenvalue weighted by molar-refractivity contribution is 6.12. The Bertz CT molecular complexity index is 919. The number of cyclic esters (lactones) is 1. The molecule has 0 unspecified atom stereocenters. The van der Waals surface area contributed by atoms with Crippen molar-refractivity contribution in [2.24, 2.45) is 4.99 Å². The van der Waals surface area contributed by atoms with Gasteiger partial charge in [0.05, 0.1) is 0 Å². The number of nitrogens with zero attached hydrogens (tertiary/aromatic N) is 4. The van der Waals surface area contributed by atoms with Crippen molar-refractivity contribution in [3.8, 4) is 0 Å². The molecular formula is C18H14F2N4O2. The molecule has 0 aliphatic carbocycles. The third-order valence-corrected chi connectivity index (χ3v) is 4.14. The monoisotopic (exact) mass is 356 g/mol. The summed E-state index contributed by atoms with van der Waals surface area (Å²) < 4.78 is 31.4. The molecule has 3 heterocycles. The van der Waals surface area contributed by atoms with Gasteiger partial charge in [0.15, 0.2) is 17.3 Å². The Balaban J connectivity index is 1.57. The first-order valence-corrected chi connectivity index (χ1v) is 8.15. The summed E-state index contributed by atoms with van der Waals surface area (Å²) >= 11 is 0. The smallest absolute Gasteiger partial charge is 0.363 e. The van der Waals surface area contributed by atoms with Crippen LogP contribution in [0.5, 0.6) is 0 Å². The molecule has 6 nitrogen and oxygen atoms in total. The van der Waals surface area contributed by atoms with Crippen LogP contribution in [0, 0.1) is 11.6 Å². The van der Waals surface area contributed by atoms with Gasteiger partial charge in [-0.3, -0.25) is 0 Å². The van der Waals surface area contributed by atoms with Gasteiger partial charge in [0.25, 0.3) is 0 Å². The zero-order chi connectivity index (χ0) is 18.1. The molecule has 2 aliphatic rings. The van der Waals surface area contributed by atoms with E-state index in [4.69, 9.17) is 4.74 Å². The summed E-state index contributed by atoms with van der Waals surface area (Å²) in [5.41, 5.74) is 0.818. The molecule has 0 radical (unpaired) electrons. The van der Waals surface area contributed by atoms with E-state index in [-0.39, 0.29) is 17.2 Å². The molecule has 2 aromatic rings. The summed E-state index contributed by atoms with van der Waals surface area (Å²) in [7, 11) is 0. The number of aliphatic imine (C=N–C) groups is 1. The van der Waals surface area contributed by atoms with Gasteiger partial charge >= 0.3 is 5.97 Å². The van der Waals surface area contributed by atoms with Crippen LogP contribution in [0.2, 0.25) is 0 Å². The first-order valence-electron chi connectivity index (χ1n) is 8.15. The van der Waals surface area contributed by atoms with Gasteiger partial charge in [0.1, 0.15) is 0 Å². The predicted molar refractivity (Wildman–Crippen MR) is 90.4 cm³/mol. The van der Waals surface area contributed by atoms with Gasteiger partial charge in [0, 0.05) is 36.6 Å². The maximum absolute atomic E-state index is 13.3. The van der Waals surface area contributed by atoms with Gasteiger partial charge in [-0.25, -0.2) is 28.5 Å². The number of esters is 1. The lowest BCUT2D eigenvalue weighted by Gasteiger charge is -2.14. The van der Waals surface area contributed by atoms with Gasteiger partial charge in [-0.1, -0.05) is 0 Å². The Morgan fingerprint density at radius 1 is 1.08 bits per heavy atom. The average Bonchev–Trinajstić information content (AvgIpc) is 3.29. The van der Waals surface area contributed by atoms with Crippen molar-refractivity contribution in [1.82, 2.24) is 9.97 Å². The number of aromatic nitrogens is 2. The highest BCUT2D eigenvalue weighted by Gasteiger charge is 2.25. The lowest BCUT2D eigenvalue weighted by molar-refractivity contribution is -0.129. The molecule has 1 fully saturated rings. The van der Waals surface area contributed by atoms with E-state index in [1.165, 1.54) is 12.1 Å². The van der Waals surface area contributed by atoms with Crippen LogP contribution in [0.15, 0.2) is 41.3 Å². The summed E-state index contributed by atoms with van der Waals surface area (Å²) in [5.74, 6) is -2.11. The van der Waals surface area contributed by atoms with E-state index in [1.54, 1.807) is 12.4 Å². The Hall–Kier alpha value is -3.16. The Morgan fingerprint density at radius 3 is 2.50 bits per heavy atom. The van der Waals surface area contributed by atoms with Gasteiger partial charge in [-0.2, -0.15) is 0 Å². The number of benzene rings is 1. The Morgan fingerprint density at radius 2 is 1.81 bits per heavy atom. The van der Waals surface area contributed by atoms with Crippen molar-refractivity contribution in [3.63, 3.8) is 0 Å². The number of carbonyl (C=O) groups is 1. The van der Waals surface area contributed by atoms with E-state index in [1.807, 2.05) is 0 Å². The molecule has 4 rings (SSSR count). The maximum atomic E-state index is 13.3. The van der Waals surface area contributed by atoms with E-state index in [2.05, 4.69) is 19.9 Å². The van der Waals surface area contributed by atoms with Crippen LogP contribution in [0.25, 0.3) is 6.08 Å². The van der Waals surface area contributed by atoms with E-state index in [0.29, 0.717) is 11.5 Å². The summed E-state index contributed by atoms with van der Waals surface area (Å²) in [6, 6.07) is 3.17. The topological polar surface area (TPSA) is 67.7 Å². The molecule has 0 N–H and O–H groups in total. The SMILES string of the molecule is O=C1OC(c2ccc(F)c(F)c2)=NC1=Cc1cnc(N2CCCC2)nc1. The molecule has 1 aromatic heterocycles. The van der Waals surface area contributed by atoms with E-state index >= 15 is 0 Å². The standard InChI is InChI=1S/C18H14F2N4O2/c19-13-4-3-12(8-14(13)20)16-23-15(17(25)26-16)7-11-9-21-18(22-10-11)24-5-1-2-6-24/h3-4,7-10H,1-2,5-6H2. The van der Waals surface area contributed by atoms with Crippen molar-refractivity contribution in [2.45, 2.75) is 12.8 Å². The molecular weight excluding hydrogens is 342 g/mol. The molecule has 0 spiro atoms. The van der Waals surface area contributed by atoms with Crippen LogP contribution in [0.1, 0.15) is 24.0 Å². The summed E-state index contributed by atoms with van der Waals surface area (Å²) in [5, 5.41) is 0. The summed E-state index contributed by atoms with van der Waals surface area (Å²) in [4.78, 5) is 26.7. The van der Waals surface area contributed by atoms with Crippen LogP contribution >= 0.6 is 0 Å². The van der Waals surface area contributed by atoms with Gasteiger partial charge < -0.3 is 9.64 Å². The quantitative estimate of drug-likeness (QED) is 0.625. The predicted octanol–water partition coefficient (Wildman–Crippen LogP) is 2.70. The fourth-order valence-electron chi connectivity index (χ4n) is 2.81. The second-order valence-electron chi connectivity index (χ2n) is 5.98. The minimum Gasteiger partial charge on any atom is -0.402 e. The summed E-state index contributed by atoms with van der Waals surface area (Å²) in [6.07, 6.45) is 6.95. The van der Waals surface area contributed by atoms with Crippen LogP contribution in [0.4, 0.5) is 14.7 Å². The molecule has 0 saturated carbocycles. The highest BCUT2D eigenvalue weighted by Crippen LogP contribution is 2.21. The van der Waals surface area contributed by atoms with Crippen molar-refractivity contribution in [1.29, 1.82) is 0 Å². The third kappa shape index (κ3) is 3.17. The number of hydrogen-bond donors (Lipinski definition) is 0. The van der Waals surface area contributed by atoms with Crippen molar-refractivity contribution < 1.29 is 18.3 Å². The molecule has 132 valence electrons. The van der Waals surface area contributed by atoms with Crippen LogP contribution in [-0.2, 0) is 9.53 Å². The minimum atomic E-state index is -1.04. The second kappa shape index (κ2) is 6.62. The van der Waals surface area contributed by atoms with Gasteiger partial charge in [-0.15, -0.1) is 0 Å². The van der Waals surface area contributed by atoms with Crippen LogP contribution in [0.3, 0.4) is 0 Å². The van der Waals surface area contributed by atoms with Gasteiger partial charge in [-0.05, 0) is 37.1 Å². The minimum absolute atomic E-state index is 0.0438. The Labute approximate surface area is 147 Å². The molecule has 1 aromatic carbocycles. The first-order chi connectivity index (χ1) is 12.6. The fourth-order valence-corrected chi connectivity index (χ4v) is 2.81. The summed E-state index contributed by atoms with van der Waals surface area (Å²) in [6.45, 7) is 1.88. The lowest BCUT2D eigenvalue weighted by atomic mass is 10.2. The molecule has 26 heavy (non-hydrogen) atoms. The highest BCUT2D eigenvalue weighted by atomic mass is 19.2. The molecule has 2 aliphatic heterocycles. The lowest BCUT2D eigenvalue weighted by Crippen LogP contribution is -2.20.